The van der Waals surface area contributed by atoms with Crippen molar-refractivity contribution in [3.05, 3.63) is 101 Å². The topological polar surface area (TPSA) is 98.4 Å². The molecular formula is C33H37N7O2. The molecule has 2 amide bonds. The van der Waals surface area contributed by atoms with Gasteiger partial charge in [-0.2, -0.15) is 5.10 Å². The van der Waals surface area contributed by atoms with E-state index in [1.807, 2.05) is 72.1 Å². The fourth-order valence-corrected chi connectivity index (χ4v) is 5.38. The van der Waals surface area contributed by atoms with E-state index in [-0.39, 0.29) is 29.5 Å². The molecule has 0 fully saturated rings. The van der Waals surface area contributed by atoms with Crippen molar-refractivity contribution in [1.29, 1.82) is 0 Å². The number of amides is 2. The van der Waals surface area contributed by atoms with Gasteiger partial charge in [0.1, 0.15) is 23.5 Å². The Hall–Kier alpha value is -4.66. The quantitative estimate of drug-likeness (QED) is 0.231. The van der Waals surface area contributed by atoms with Crippen LogP contribution in [-0.2, 0) is 5.41 Å². The van der Waals surface area contributed by atoms with Crippen LogP contribution < -0.4 is 15.4 Å². The lowest BCUT2D eigenvalue weighted by Crippen LogP contribution is -2.32. The summed E-state index contributed by atoms with van der Waals surface area (Å²) in [6.07, 6.45) is 2.34. The van der Waals surface area contributed by atoms with Gasteiger partial charge in [-0.15, -0.1) is 10.2 Å². The van der Waals surface area contributed by atoms with Gasteiger partial charge in [-0.05, 0) is 42.3 Å². The fraction of sp³-hybridized carbons (Fsp3) is 0.333. The molecule has 42 heavy (non-hydrogen) atoms. The number of urea groups is 1. The van der Waals surface area contributed by atoms with Gasteiger partial charge >= 0.3 is 6.03 Å². The highest BCUT2D eigenvalue weighted by molar-refractivity contribution is 5.89. The molecule has 9 nitrogen and oxygen atoms in total. The molecule has 2 N–H and O–H groups in total. The van der Waals surface area contributed by atoms with E-state index in [0.717, 1.165) is 45.3 Å². The first-order valence-electron chi connectivity index (χ1n) is 14.4. The van der Waals surface area contributed by atoms with E-state index >= 15 is 0 Å². The summed E-state index contributed by atoms with van der Waals surface area (Å²) >= 11 is 0. The Bertz CT molecular complexity index is 1740. The number of nitrogens with zero attached hydrogens (tertiary/aromatic N) is 5. The molecule has 216 valence electrons. The number of rotatable bonds is 6. The number of aryl methyl sites for hydroxylation is 1. The van der Waals surface area contributed by atoms with E-state index in [9.17, 15) is 4.79 Å². The summed E-state index contributed by atoms with van der Waals surface area (Å²) in [4.78, 5) is 13.4. The summed E-state index contributed by atoms with van der Waals surface area (Å²) < 4.78 is 10.3. The van der Waals surface area contributed by atoms with Gasteiger partial charge in [0.15, 0.2) is 5.65 Å². The van der Waals surface area contributed by atoms with Crippen LogP contribution in [0.2, 0.25) is 0 Å². The van der Waals surface area contributed by atoms with Crippen molar-refractivity contribution in [2.75, 3.05) is 5.32 Å². The number of carbonyl (C=O) groups excluding carboxylic acids is 1. The SMILES string of the molecule is Cc1ccc(-n2nc(C(C)(C)C)cc2NC(=O)N[C@@H]2C[C@H](Oc3ccc4nnc(C(C)C)n4c3)c3ccccc32)cc1. The predicted molar refractivity (Wildman–Crippen MR) is 163 cm³/mol. The Balaban J connectivity index is 1.22. The second-order valence-corrected chi connectivity index (χ2v) is 12.3. The number of hydrogen-bond donors (Lipinski definition) is 2. The molecule has 1 aliphatic rings. The minimum absolute atomic E-state index is 0.177. The largest absolute Gasteiger partial charge is 0.484 e. The molecule has 3 aromatic heterocycles. The molecule has 6 rings (SSSR count). The van der Waals surface area contributed by atoms with Crippen LogP contribution in [0.25, 0.3) is 11.3 Å². The molecule has 0 radical (unpaired) electrons. The van der Waals surface area contributed by atoms with Crippen LogP contribution in [0, 0.1) is 6.92 Å². The summed E-state index contributed by atoms with van der Waals surface area (Å²) in [5, 5.41) is 19.7. The molecule has 0 aliphatic heterocycles. The standard InChI is InChI=1S/C33H37N7O2/c1-20(2)31-37-36-29-16-15-23(19-39(29)31)42-27-17-26(24-9-7-8-10-25(24)27)34-32(41)35-30-18-28(33(4,5)6)38-40(30)22-13-11-21(3)12-14-22/h7-16,18-20,26-27H,17H2,1-6H3,(H2,34,35,41)/t26-,27+/m1/s1. The van der Waals surface area contributed by atoms with E-state index in [2.05, 4.69) is 67.6 Å². The van der Waals surface area contributed by atoms with Gasteiger partial charge in [-0.1, -0.05) is 76.6 Å². The van der Waals surface area contributed by atoms with Gasteiger partial charge in [0.2, 0.25) is 0 Å². The van der Waals surface area contributed by atoms with Crippen LogP contribution in [0.5, 0.6) is 5.75 Å². The van der Waals surface area contributed by atoms with Crippen molar-refractivity contribution in [3.63, 3.8) is 0 Å². The lowest BCUT2D eigenvalue weighted by atomic mass is 9.92. The van der Waals surface area contributed by atoms with Gasteiger partial charge in [-0.3, -0.25) is 9.72 Å². The van der Waals surface area contributed by atoms with Crippen LogP contribution in [0.15, 0.2) is 72.9 Å². The van der Waals surface area contributed by atoms with E-state index in [0.29, 0.717) is 12.2 Å². The summed E-state index contributed by atoms with van der Waals surface area (Å²) in [5.74, 6) is 2.46. The van der Waals surface area contributed by atoms with Crippen molar-refractivity contribution in [2.45, 2.75) is 71.4 Å². The molecule has 0 bridgehead atoms. The van der Waals surface area contributed by atoms with Crippen molar-refractivity contribution in [3.8, 4) is 11.4 Å². The lowest BCUT2D eigenvalue weighted by Gasteiger charge is -2.17. The van der Waals surface area contributed by atoms with Crippen LogP contribution in [-0.4, -0.2) is 30.4 Å². The monoisotopic (exact) mass is 563 g/mol. The van der Waals surface area contributed by atoms with E-state index in [4.69, 9.17) is 9.84 Å². The molecular weight excluding hydrogens is 526 g/mol. The average molecular weight is 564 g/mol. The smallest absolute Gasteiger partial charge is 0.320 e. The third kappa shape index (κ3) is 5.34. The number of anilines is 1. The third-order valence-electron chi connectivity index (χ3n) is 7.67. The maximum absolute atomic E-state index is 13.4. The second-order valence-electron chi connectivity index (χ2n) is 12.3. The highest BCUT2D eigenvalue weighted by atomic mass is 16.5. The Morgan fingerprint density at radius 3 is 2.45 bits per heavy atom. The Kier molecular flexibility index (Phi) is 6.96. The molecule has 0 unspecified atom stereocenters. The maximum atomic E-state index is 13.4. The van der Waals surface area contributed by atoms with Crippen molar-refractivity contribution < 1.29 is 9.53 Å². The Morgan fingerprint density at radius 1 is 1.00 bits per heavy atom. The summed E-state index contributed by atoms with van der Waals surface area (Å²) in [6.45, 7) is 12.6. The predicted octanol–water partition coefficient (Wildman–Crippen LogP) is 7.03. The Morgan fingerprint density at radius 2 is 1.74 bits per heavy atom. The van der Waals surface area contributed by atoms with E-state index in [1.54, 1.807) is 4.68 Å². The number of nitrogens with one attached hydrogen (secondary N) is 2. The minimum atomic E-state index is -0.295. The number of hydrogen-bond acceptors (Lipinski definition) is 5. The van der Waals surface area contributed by atoms with Gasteiger partial charge in [0, 0.05) is 23.8 Å². The first kappa shape index (κ1) is 27.5. The van der Waals surface area contributed by atoms with Crippen molar-refractivity contribution in [2.24, 2.45) is 0 Å². The molecule has 2 atom stereocenters. The van der Waals surface area contributed by atoms with Crippen molar-refractivity contribution >= 4 is 17.5 Å². The lowest BCUT2D eigenvalue weighted by molar-refractivity contribution is 0.194. The molecule has 1 aliphatic carbocycles. The Labute approximate surface area is 245 Å². The number of pyridine rings is 1. The molecule has 5 aromatic rings. The van der Waals surface area contributed by atoms with Crippen molar-refractivity contribution in [1.82, 2.24) is 29.7 Å². The molecule has 2 aromatic carbocycles. The van der Waals surface area contributed by atoms with Gasteiger partial charge < -0.3 is 10.1 Å². The average Bonchev–Trinajstić information content (AvgIpc) is 3.65. The molecule has 0 saturated heterocycles. The fourth-order valence-electron chi connectivity index (χ4n) is 5.38. The second kappa shape index (κ2) is 10.6. The van der Waals surface area contributed by atoms with Crippen LogP contribution in [0.3, 0.4) is 0 Å². The van der Waals surface area contributed by atoms with E-state index in [1.165, 1.54) is 0 Å². The third-order valence-corrected chi connectivity index (χ3v) is 7.67. The van der Waals surface area contributed by atoms with Gasteiger partial charge in [0.25, 0.3) is 0 Å². The van der Waals surface area contributed by atoms with Crippen LogP contribution >= 0.6 is 0 Å². The minimum Gasteiger partial charge on any atom is -0.484 e. The first-order chi connectivity index (χ1) is 20.1. The first-order valence-corrected chi connectivity index (χ1v) is 14.4. The van der Waals surface area contributed by atoms with Gasteiger partial charge in [0.05, 0.1) is 23.6 Å². The van der Waals surface area contributed by atoms with Crippen LogP contribution in [0.1, 0.15) is 87.3 Å². The highest BCUT2D eigenvalue weighted by Gasteiger charge is 2.33. The van der Waals surface area contributed by atoms with E-state index < -0.39 is 0 Å². The molecule has 0 saturated carbocycles. The zero-order valence-electron chi connectivity index (χ0n) is 24.9. The number of carbonyl (C=O) groups is 1. The molecule has 3 heterocycles. The molecule has 0 spiro atoms. The van der Waals surface area contributed by atoms with Crippen LogP contribution in [0.4, 0.5) is 10.6 Å². The van der Waals surface area contributed by atoms with Gasteiger partial charge in [-0.25, -0.2) is 9.48 Å². The zero-order chi connectivity index (χ0) is 29.6. The number of ether oxygens (including phenoxy) is 1. The zero-order valence-corrected chi connectivity index (χ0v) is 24.9. The summed E-state index contributed by atoms with van der Waals surface area (Å²) in [7, 11) is 0. The molecule has 9 heteroatoms. The summed E-state index contributed by atoms with van der Waals surface area (Å²) in [6, 6.07) is 21.5. The highest BCUT2D eigenvalue weighted by Crippen LogP contribution is 2.41. The normalized spacial score (nSPS) is 16.5. The maximum Gasteiger partial charge on any atom is 0.320 e. The number of aromatic nitrogens is 5. The number of fused-ring (bicyclic) bond motifs is 2. The number of benzene rings is 2. The summed E-state index contributed by atoms with van der Waals surface area (Å²) in [5.41, 5.74) is 5.66.